The summed E-state index contributed by atoms with van der Waals surface area (Å²) in [6.45, 7) is 2.03. The summed E-state index contributed by atoms with van der Waals surface area (Å²) in [5.41, 5.74) is 1.14. The van der Waals surface area contributed by atoms with Gasteiger partial charge < -0.3 is 10.2 Å². The van der Waals surface area contributed by atoms with Crippen molar-refractivity contribution < 1.29 is 9.59 Å². The van der Waals surface area contributed by atoms with Crippen molar-refractivity contribution in [2.45, 2.75) is 19.5 Å². The van der Waals surface area contributed by atoms with Gasteiger partial charge in [0.1, 0.15) is 6.04 Å². The zero-order valence-corrected chi connectivity index (χ0v) is 15.1. The van der Waals surface area contributed by atoms with Crippen molar-refractivity contribution >= 4 is 35.0 Å². The van der Waals surface area contributed by atoms with Gasteiger partial charge in [-0.1, -0.05) is 29.3 Å². The van der Waals surface area contributed by atoms with Crippen LogP contribution in [-0.4, -0.2) is 39.6 Å². The van der Waals surface area contributed by atoms with Crippen molar-refractivity contribution in [1.82, 2.24) is 20.0 Å². The topological polar surface area (TPSA) is 67.2 Å². The average molecular weight is 369 g/mol. The highest BCUT2D eigenvalue weighted by Gasteiger charge is 2.22. The average Bonchev–Trinajstić information content (AvgIpc) is 2.93. The molecule has 1 heterocycles. The van der Waals surface area contributed by atoms with Gasteiger partial charge in [-0.15, -0.1) is 0 Å². The molecule has 1 aromatic carbocycles. The predicted molar refractivity (Wildman–Crippen MR) is 93.1 cm³/mol. The van der Waals surface area contributed by atoms with Gasteiger partial charge in [0.25, 0.3) is 5.91 Å². The minimum absolute atomic E-state index is 0.167. The fourth-order valence-corrected chi connectivity index (χ4v) is 2.64. The maximum atomic E-state index is 12.4. The molecule has 0 spiro atoms. The lowest BCUT2D eigenvalue weighted by Crippen LogP contribution is -2.45. The second-order valence-corrected chi connectivity index (χ2v) is 6.30. The number of aryl methyl sites for hydroxylation is 1. The number of benzene rings is 1. The molecule has 0 aliphatic rings. The van der Waals surface area contributed by atoms with Crippen molar-refractivity contribution in [3.05, 3.63) is 51.8 Å². The second kappa shape index (κ2) is 7.68. The van der Waals surface area contributed by atoms with Crippen LogP contribution in [0.25, 0.3) is 0 Å². The zero-order valence-electron chi connectivity index (χ0n) is 13.6. The summed E-state index contributed by atoms with van der Waals surface area (Å²) in [5.74, 6) is -0.663. The molecule has 0 aliphatic carbocycles. The van der Waals surface area contributed by atoms with Crippen molar-refractivity contribution in [3.63, 3.8) is 0 Å². The highest BCUT2D eigenvalue weighted by molar-refractivity contribution is 6.43. The molecule has 0 aliphatic heterocycles. The number of halogens is 2. The maximum Gasteiger partial charge on any atom is 0.253 e. The standard InChI is InChI=1S/C16H18Cl2N4O2/c1-10(16(24)21(2)8-11-7-19-22(3)9-11)20-15(23)12-5-4-6-13(17)14(12)18/h4-7,9-10H,8H2,1-3H3,(H,20,23)/t10-/m0/s1. The zero-order chi connectivity index (χ0) is 17.9. The minimum atomic E-state index is -0.700. The minimum Gasteiger partial charge on any atom is -0.340 e. The van der Waals surface area contributed by atoms with E-state index in [1.165, 1.54) is 4.90 Å². The summed E-state index contributed by atoms with van der Waals surface area (Å²) in [6, 6.07) is 4.08. The molecular formula is C16H18Cl2N4O2. The predicted octanol–water partition coefficient (Wildman–Crippen LogP) is 2.50. The molecule has 0 bridgehead atoms. The van der Waals surface area contributed by atoms with E-state index >= 15 is 0 Å². The van der Waals surface area contributed by atoms with Crippen LogP contribution in [0.5, 0.6) is 0 Å². The first-order chi connectivity index (χ1) is 11.3. The van der Waals surface area contributed by atoms with E-state index in [2.05, 4.69) is 10.4 Å². The number of nitrogens with one attached hydrogen (secondary N) is 1. The lowest BCUT2D eigenvalue weighted by Gasteiger charge is -2.21. The molecule has 2 amide bonds. The van der Waals surface area contributed by atoms with E-state index in [0.717, 1.165) is 5.56 Å². The SMILES string of the molecule is C[C@H](NC(=O)c1cccc(Cl)c1Cl)C(=O)N(C)Cc1cnn(C)c1. The molecule has 0 unspecified atom stereocenters. The Bertz CT molecular complexity index is 760. The number of rotatable bonds is 5. The van der Waals surface area contributed by atoms with Gasteiger partial charge in [0.05, 0.1) is 21.8 Å². The third-order valence-corrected chi connectivity index (χ3v) is 4.29. The Hall–Kier alpha value is -2.05. The Balaban J connectivity index is 2.00. The number of hydrogen-bond acceptors (Lipinski definition) is 3. The second-order valence-electron chi connectivity index (χ2n) is 5.51. The number of hydrogen-bond donors (Lipinski definition) is 1. The molecule has 2 rings (SSSR count). The smallest absolute Gasteiger partial charge is 0.253 e. The molecule has 1 N–H and O–H groups in total. The molecule has 8 heteroatoms. The van der Waals surface area contributed by atoms with Crippen LogP contribution in [0.3, 0.4) is 0 Å². The van der Waals surface area contributed by atoms with Crippen LogP contribution in [0.1, 0.15) is 22.8 Å². The molecule has 24 heavy (non-hydrogen) atoms. The Morgan fingerprint density at radius 2 is 2.08 bits per heavy atom. The van der Waals surface area contributed by atoms with E-state index in [1.807, 2.05) is 13.2 Å². The van der Waals surface area contributed by atoms with Crippen molar-refractivity contribution in [3.8, 4) is 0 Å². The summed E-state index contributed by atoms with van der Waals surface area (Å²) in [5, 5.41) is 7.16. The third-order valence-electron chi connectivity index (χ3n) is 3.47. The molecule has 2 aromatic rings. The summed E-state index contributed by atoms with van der Waals surface area (Å²) in [4.78, 5) is 26.2. The van der Waals surface area contributed by atoms with Crippen LogP contribution in [0, 0.1) is 0 Å². The third kappa shape index (κ3) is 4.27. The van der Waals surface area contributed by atoms with E-state index in [0.29, 0.717) is 6.54 Å². The first-order valence-electron chi connectivity index (χ1n) is 7.27. The molecule has 0 saturated carbocycles. The van der Waals surface area contributed by atoms with E-state index < -0.39 is 11.9 Å². The van der Waals surface area contributed by atoms with Gasteiger partial charge in [-0.05, 0) is 19.1 Å². The van der Waals surface area contributed by atoms with Crippen LogP contribution >= 0.6 is 23.2 Å². The molecule has 0 fully saturated rings. The number of aromatic nitrogens is 2. The van der Waals surface area contributed by atoms with Gasteiger partial charge in [-0.3, -0.25) is 14.3 Å². The molecule has 128 valence electrons. The number of carbonyl (C=O) groups is 2. The van der Waals surface area contributed by atoms with Gasteiger partial charge in [-0.25, -0.2) is 0 Å². The fraction of sp³-hybridized carbons (Fsp3) is 0.312. The lowest BCUT2D eigenvalue weighted by molar-refractivity contribution is -0.132. The number of carbonyl (C=O) groups excluding carboxylic acids is 2. The van der Waals surface area contributed by atoms with E-state index in [1.54, 1.807) is 43.0 Å². The van der Waals surface area contributed by atoms with Gasteiger partial charge in [0, 0.05) is 32.4 Å². The monoisotopic (exact) mass is 368 g/mol. The Labute approximate surface area is 150 Å². The normalized spacial score (nSPS) is 11.9. The fourth-order valence-electron chi connectivity index (χ4n) is 2.25. The maximum absolute atomic E-state index is 12.4. The van der Waals surface area contributed by atoms with E-state index in [-0.39, 0.29) is 21.5 Å². The first kappa shape index (κ1) is 18.3. The molecule has 0 saturated heterocycles. The van der Waals surface area contributed by atoms with Crippen molar-refractivity contribution in [1.29, 1.82) is 0 Å². The number of likely N-dealkylation sites (N-methyl/N-ethyl adjacent to an activating group) is 1. The molecule has 6 nitrogen and oxygen atoms in total. The van der Waals surface area contributed by atoms with Crippen LogP contribution < -0.4 is 5.32 Å². The summed E-state index contributed by atoms with van der Waals surface area (Å²) in [7, 11) is 3.48. The van der Waals surface area contributed by atoms with Crippen molar-refractivity contribution in [2.75, 3.05) is 7.05 Å². The largest absolute Gasteiger partial charge is 0.340 e. The summed E-state index contributed by atoms with van der Waals surface area (Å²) >= 11 is 11.9. The summed E-state index contributed by atoms with van der Waals surface area (Å²) in [6.07, 6.45) is 3.53. The van der Waals surface area contributed by atoms with Gasteiger partial charge in [0.2, 0.25) is 5.91 Å². The quantitative estimate of drug-likeness (QED) is 0.881. The molecule has 0 radical (unpaired) electrons. The number of nitrogens with zero attached hydrogens (tertiary/aromatic N) is 3. The van der Waals surface area contributed by atoms with Gasteiger partial charge in [0.15, 0.2) is 0 Å². The molecular weight excluding hydrogens is 351 g/mol. The Morgan fingerprint density at radius 1 is 1.38 bits per heavy atom. The highest BCUT2D eigenvalue weighted by atomic mass is 35.5. The van der Waals surface area contributed by atoms with Crippen LogP contribution in [0.15, 0.2) is 30.6 Å². The van der Waals surface area contributed by atoms with Crippen molar-refractivity contribution in [2.24, 2.45) is 7.05 Å². The van der Waals surface area contributed by atoms with Crippen LogP contribution in [-0.2, 0) is 18.4 Å². The van der Waals surface area contributed by atoms with E-state index in [4.69, 9.17) is 23.2 Å². The van der Waals surface area contributed by atoms with Gasteiger partial charge >= 0.3 is 0 Å². The highest BCUT2D eigenvalue weighted by Crippen LogP contribution is 2.25. The van der Waals surface area contributed by atoms with Crippen LogP contribution in [0.4, 0.5) is 0 Å². The number of amides is 2. The molecule has 1 aromatic heterocycles. The Kier molecular flexibility index (Phi) is 5.85. The first-order valence-corrected chi connectivity index (χ1v) is 8.02. The lowest BCUT2D eigenvalue weighted by atomic mass is 10.2. The van der Waals surface area contributed by atoms with Crippen LogP contribution in [0.2, 0.25) is 10.0 Å². The molecule has 1 atom stereocenters. The van der Waals surface area contributed by atoms with E-state index in [9.17, 15) is 9.59 Å². The summed E-state index contributed by atoms with van der Waals surface area (Å²) < 4.78 is 1.67. The van der Waals surface area contributed by atoms with Gasteiger partial charge in [-0.2, -0.15) is 5.10 Å². The Morgan fingerprint density at radius 3 is 2.71 bits per heavy atom.